The Labute approximate surface area is 443 Å². The molecule has 4 aromatic rings. The van der Waals surface area contributed by atoms with E-state index in [1.54, 1.807) is 35.7 Å². The molecule has 0 spiro atoms. The molecule has 0 saturated carbocycles. The number of piperidine rings is 1. The SMILES string of the molecule is Cc1ncsc1-c1ccc([C@H](C)NC(=O)[C@@H]2C[C@@H](O)CN2C(=O)[C@@H](NC(=O)CCCCCCCCCCNC(=O)CC(=O)Nc2cccc(Sc3ncc(N4CCC(C)(N)CC4)nc3N)c2Cl)C(C)(C)C)cc1. The topological polar surface area (TPSA) is 251 Å². The summed E-state index contributed by atoms with van der Waals surface area (Å²) < 4.78 is 0. The predicted molar refractivity (Wildman–Crippen MR) is 290 cm³/mol. The number of benzene rings is 2. The molecule has 396 valence electrons. The van der Waals surface area contributed by atoms with Crippen molar-refractivity contribution >= 4 is 81.6 Å². The van der Waals surface area contributed by atoms with Crippen molar-refractivity contribution in [2.45, 2.75) is 165 Å². The van der Waals surface area contributed by atoms with Crippen LogP contribution in [0.15, 0.2) is 64.1 Å². The zero-order valence-corrected chi connectivity index (χ0v) is 45.5. The first-order chi connectivity index (χ1) is 34.7. The van der Waals surface area contributed by atoms with Crippen LogP contribution in [0.2, 0.25) is 5.02 Å². The molecule has 6 rings (SSSR count). The third-order valence-electron chi connectivity index (χ3n) is 13.5. The molecule has 2 aromatic carbocycles. The fourth-order valence-electron chi connectivity index (χ4n) is 9.00. The Bertz CT molecular complexity index is 2530. The van der Waals surface area contributed by atoms with E-state index in [1.165, 1.54) is 16.7 Å². The van der Waals surface area contributed by atoms with Gasteiger partial charge in [-0.2, -0.15) is 0 Å². The van der Waals surface area contributed by atoms with Gasteiger partial charge < -0.3 is 47.6 Å². The molecule has 2 aliphatic rings. The fraction of sp³-hybridized carbons (Fsp3) is 0.547. The molecule has 17 nitrogen and oxygen atoms in total. The van der Waals surface area contributed by atoms with Gasteiger partial charge >= 0.3 is 0 Å². The number of aliphatic hydroxyl groups is 1. The van der Waals surface area contributed by atoms with E-state index in [0.717, 1.165) is 92.6 Å². The number of nitrogens with two attached hydrogens (primary N) is 2. The maximum Gasteiger partial charge on any atom is 0.246 e. The second kappa shape index (κ2) is 26.2. The highest BCUT2D eigenvalue weighted by Crippen LogP contribution is 2.39. The van der Waals surface area contributed by atoms with Crippen molar-refractivity contribution in [1.29, 1.82) is 0 Å². The number of nitrogens with one attached hydrogen (secondary N) is 4. The van der Waals surface area contributed by atoms with Gasteiger partial charge in [-0.1, -0.05) is 113 Å². The van der Waals surface area contributed by atoms with Crippen LogP contribution in [0.1, 0.15) is 135 Å². The highest BCUT2D eigenvalue weighted by molar-refractivity contribution is 7.99. The van der Waals surface area contributed by atoms with E-state index in [-0.39, 0.29) is 66.8 Å². The Morgan fingerprint density at radius 1 is 0.932 bits per heavy atom. The zero-order chi connectivity index (χ0) is 52.9. The fourth-order valence-corrected chi connectivity index (χ4v) is 10.9. The normalized spacial score (nSPS) is 17.4. The van der Waals surface area contributed by atoms with E-state index in [1.807, 2.05) is 64.4 Å². The first kappa shape index (κ1) is 56.9. The van der Waals surface area contributed by atoms with Crippen LogP contribution >= 0.6 is 34.7 Å². The average molecular weight is 1060 g/mol. The number of amides is 5. The molecule has 4 atom stereocenters. The van der Waals surface area contributed by atoms with Gasteiger partial charge in [-0.25, -0.2) is 15.0 Å². The highest BCUT2D eigenvalue weighted by atomic mass is 35.5. The van der Waals surface area contributed by atoms with E-state index in [0.29, 0.717) is 39.4 Å². The molecule has 2 fully saturated rings. The zero-order valence-electron chi connectivity index (χ0n) is 43.1. The number of halogens is 1. The number of β-amino-alcohol motifs (C(OH)–C–C–N with tert-alkyl or cyclic N) is 1. The van der Waals surface area contributed by atoms with Crippen LogP contribution in [0.5, 0.6) is 0 Å². The Kier molecular flexibility index (Phi) is 20.5. The minimum absolute atomic E-state index is 0.0117. The Morgan fingerprint density at radius 2 is 1.60 bits per heavy atom. The number of nitrogen functional groups attached to an aromatic ring is 1. The molecule has 4 heterocycles. The van der Waals surface area contributed by atoms with Crippen molar-refractivity contribution in [3.63, 3.8) is 0 Å². The summed E-state index contributed by atoms with van der Waals surface area (Å²) in [6.07, 6.45) is 9.84. The van der Waals surface area contributed by atoms with Crippen LogP contribution in [0.4, 0.5) is 17.3 Å². The molecule has 20 heteroatoms. The number of carbonyl (C=O) groups is 5. The van der Waals surface area contributed by atoms with E-state index < -0.39 is 29.5 Å². The van der Waals surface area contributed by atoms with Crippen LogP contribution in [0.25, 0.3) is 10.4 Å². The van der Waals surface area contributed by atoms with E-state index in [2.05, 4.69) is 48.0 Å². The van der Waals surface area contributed by atoms with Crippen LogP contribution in [0, 0.1) is 12.3 Å². The van der Waals surface area contributed by atoms with Gasteiger partial charge in [-0.15, -0.1) is 11.3 Å². The number of unbranched alkanes of at least 4 members (excludes halogenated alkanes) is 7. The van der Waals surface area contributed by atoms with Crippen LogP contribution < -0.4 is 37.6 Å². The standard InChI is InChI=1S/C53H74ClN11O6S2/c1-33(35-19-21-36(22-20-35)46-34(2)59-32-72-46)60-49(70)39-28-37(66)31-65(39)51(71)47(52(3,4)5)63-42(67)18-13-11-9-7-8-10-12-14-25-57-43(68)29-44(69)61-38-16-15-17-40(45(38)54)73-50-48(55)62-41(30-58-50)64-26-23-53(6,56)24-27-64/h15-17,19-22,30,32-33,37,39,47,66H,7-14,18,23-29,31,56H2,1-6H3,(H2,55,62)(H,57,68)(H,60,70)(H,61,69)(H,63,67)/t33-,37+,39-,47+/m0/s1. The number of hydrogen-bond donors (Lipinski definition) is 7. The van der Waals surface area contributed by atoms with Gasteiger partial charge in [0, 0.05) is 49.5 Å². The molecule has 0 unspecified atom stereocenters. The van der Waals surface area contributed by atoms with Gasteiger partial charge in [0.05, 0.1) is 45.1 Å². The Hall–Kier alpha value is -5.34. The van der Waals surface area contributed by atoms with E-state index >= 15 is 0 Å². The number of aliphatic hydroxyl groups excluding tert-OH is 1. The number of aromatic nitrogens is 3. The van der Waals surface area contributed by atoms with Crippen LogP contribution in [-0.2, 0) is 24.0 Å². The summed E-state index contributed by atoms with van der Waals surface area (Å²) in [6, 6.07) is 11.1. The molecule has 2 aliphatic heterocycles. The van der Waals surface area contributed by atoms with Crippen molar-refractivity contribution in [3.05, 3.63) is 70.5 Å². The molecular formula is C53H74ClN11O6S2. The lowest BCUT2D eigenvalue weighted by atomic mass is 9.85. The number of likely N-dealkylation sites (tertiary alicyclic amines) is 1. The minimum atomic E-state index is -0.878. The summed E-state index contributed by atoms with van der Waals surface area (Å²) in [6.45, 7) is 13.6. The quantitative estimate of drug-likeness (QED) is 0.0276. The van der Waals surface area contributed by atoms with Gasteiger partial charge in [-0.05, 0) is 75.1 Å². The average Bonchev–Trinajstić information content (AvgIpc) is 3.96. The number of nitrogens with zero attached hydrogens (tertiary/aromatic N) is 5. The predicted octanol–water partition coefficient (Wildman–Crippen LogP) is 7.94. The lowest BCUT2D eigenvalue weighted by Gasteiger charge is -2.37. The van der Waals surface area contributed by atoms with Crippen LogP contribution in [-0.4, -0.2) is 104 Å². The number of anilines is 3. The van der Waals surface area contributed by atoms with Gasteiger partial charge in [-0.3, -0.25) is 24.0 Å². The van der Waals surface area contributed by atoms with Gasteiger partial charge in [0.1, 0.15) is 29.3 Å². The van der Waals surface area contributed by atoms with Crippen molar-refractivity contribution in [1.82, 2.24) is 35.8 Å². The molecule has 5 amide bonds. The van der Waals surface area contributed by atoms with Crippen molar-refractivity contribution in [2.24, 2.45) is 11.1 Å². The van der Waals surface area contributed by atoms with E-state index in [4.69, 9.17) is 23.1 Å². The largest absolute Gasteiger partial charge is 0.391 e. The minimum Gasteiger partial charge on any atom is -0.391 e. The van der Waals surface area contributed by atoms with Crippen molar-refractivity contribution in [3.8, 4) is 10.4 Å². The number of rotatable bonds is 23. The van der Waals surface area contributed by atoms with Crippen LogP contribution in [0.3, 0.4) is 0 Å². The van der Waals surface area contributed by atoms with Gasteiger partial charge in [0.25, 0.3) is 0 Å². The molecular weight excluding hydrogens is 986 g/mol. The Morgan fingerprint density at radius 3 is 2.25 bits per heavy atom. The molecule has 73 heavy (non-hydrogen) atoms. The number of hydrogen-bond acceptors (Lipinski definition) is 14. The second-order valence-electron chi connectivity index (χ2n) is 20.8. The first-order valence-electron chi connectivity index (χ1n) is 25.5. The summed E-state index contributed by atoms with van der Waals surface area (Å²) >= 11 is 9.50. The molecule has 0 aliphatic carbocycles. The van der Waals surface area contributed by atoms with Gasteiger partial charge in [0.15, 0.2) is 5.82 Å². The summed E-state index contributed by atoms with van der Waals surface area (Å²) in [5.74, 6) is -0.833. The third kappa shape index (κ3) is 16.6. The summed E-state index contributed by atoms with van der Waals surface area (Å²) in [5, 5.41) is 23.0. The lowest BCUT2D eigenvalue weighted by Crippen LogP contribution is -2.57. The number of carbonyl (C=O) groups excluding carboxylic acids is 5. The number of aryl methyl sites for hydroxylation is 1. The monoisotopic (exact) mass is 1060 g/mol. The van der Waals surface area contributed by atoms with Crippen molar-refractivity contribution in [2.75, 3.05) is 42.1 Å². The maximum absolute atomic E-state index is 14.1. The Balaban J connectivity index is 0.826. The second-order valence-corrected chi connectivity index (χ2v) is 23.1. The summed E-state index contributed by atoms with van der Waals surface area (Å²) in [7, 11) is 0. The van der Waals surface area contributed by atoms with Gasteiger partial charge in [0.2, 0.25) is 29.5 Å². The summed E-state index contributed by atoms with van der Waals surface area (Å²) in [4.78, 5) is 85.0. The van der Waals surface area contributed by atoms with Crippen molar-refractivity contribution < 1.29 is 29.1 Å². The highest BCUT2D eigenvalue weighted by Gasteiger charge is 2.44. The lowest BCUT2D eigenvalue weighted by molar-refractivity contribution is -0.144. The molecule has 0 bridgehead atoms. The molecule has 2 aromatic heterocycles. The smallest absolute Gasteiger partial charge is 0.246 e. The molecule has 2 saturated heterocycles. The third-order valence-corrected chi connectivity index (χ3v) is 16.0. The maximum atomic E-state index is 14.1. The summed E-state index contributed by atoms with van der Waals surface area (Å²) in [5.41, 5.74) is 16.9. The molecule has 9 N–H and O–H groups in total. The molecule has 0 radical (unpaired) electrons. The number of thiazole rings is 1. The first-order valence-corrected chi connectivity index (χ1v) is 27.5. The van der Waals surface area contributed by atoms with E-state index in [9.17, 15) is 29.1 Å².